The first-order chi connectivity index (χ1) is 13.2. The van der Waals surface area contributed by atoms with Crippen LogP contribution < -0.4 is 5.32 Å². The van der Waals surface area contributed by atoms with Gasteiger partial charge in [0.05, 0.1) is 16.6 Å². The number of phenols is 1. The predicted octanol–water partition coefficient (Wildman–Crippen LogP) is 4.69. The minimum absolute atomic E-state index is 0.0801. The number of thiophene rings is 1. The fourth-order valence-electron chi connectivity index (χ4n) is 3.88. The van der Waals surface area contributed by atoms with Gasteiger partial charge in [-0.1, -0.05) is 6.07 Å². The average Bonchev–Trinajstić information content (AvgIpc) is 3.31. The Morgan fingerprint density at radius 1 is 1.19 bits per heavy atom. The van der Waals surface area contributed by atoms with Gasteiger partial charge in [0, 0.05) is 33.8 Å². The van der Waals surface area contributed by atoms with Crippen molar-refractivity contribution in [2.24, 2.45) is 0 Å². The highest BCUT2D eigenvalue weighted by molar-refractivity contribution is 7.16. The molecule has 5 nitrogen and oxygen atoms in total. The SMILES string of the molecule is Oc1ccc(C2Nc3sc(C4CC4)cc3-c3ncnn4ccc2c34)c(F)c1. The van der Waals surface area contributed by atoms with E-state index in [1.54, 1.807) is 28.2 Å². The zero-order valence-electron chi connectivity index (χ0n) is 14.2. The molecule has 2 N–H and O–H groups in total. The molecule has 4 heterocycles. The molecule has 0 radical (unpaired) electrons. The van der Waals surface area contributed by atoms with Crippen LogP contribution in [0.2, 0.25) is 0 Å². The van der Waals surface area contributed by atoms with Crippen LogP contribution >= 0.6 is 11.3 Å². The second kappa shape index (κ2) is 5.29. The summed E-state index contributed by atoms with van der Waals surface area (Å²) in [5.74, 6) is 0.118. The molecule has 3 aromatic heterocycles. The highest BCUT2D eigenvalue weighted by Gasteiger charge is 2.32. The summed E-state index contributed by atoms with van der Waals surface area (Å²) in [6.45, 7) is 0. The third kappa shape index (κ3) is 2.21. The van der Waals surface area contributed by atoms with Crippen LogP contribution in [0.3, 0.4) is 0 Å². The van der Waals surface area contributed by atoms with Crippen LogP contribution in [0.25, 0.3) is 16.8 Å². The van der Waals surface area contributed by atoms with E-state index in [9.17, 15) is 9.50 Å². The molecule has 7 heteroatoms. The Hall–Kier alpha value is -2.93. The zero-order valence-corrected chi connectivity index (χ0v) is 15.0. The Balaban J connectivity index is 1.64. The van der Waals surface area contributed by atoms with Gasteiger partial charge in [0.25, 0.3) is 0 Å². The Morgan fingerprint density at radius 3 is 2.89 bits per heavy atom. The summed E-state index contributed by atoms with van der Waals surface area (Å²) in [6.07, 6.45) is 5.89. The molecule has 1 atom stereocenters. The number of benzene rings is 1. The first kappa shape index (κ1) is 15.2. The van der Waals surface area contributed by atoms with Gasteiger partial charge in [-0.2, -0.15) is 5.10 Å². The third-order valence-electron chi connectivity index (χ3n) is 5.35. The van der Waals surface area contributed by atoms with E-state index in [4.69, 9.17) is 0 Å². The van der Waals surface area contributed by atoms with Gasteiger partial charge in [-0.15, -0.1) is 11.3 Å². The molecule has 1 aliphatic heterocycles. The van der Waals surface area contributed by atoms with E-state index in [1.807, 2.05) is 12.3 Å². The van der Waals surface area contributed by atoms with Gasteiger partial charge in [-0.3, -0.25) is 0 Å². The monoisotopic (exact) mass is 378 g/mol. The fraction of sp³-hybridized carbons (Fsp3) is 0.200. The minimum Gasteiger partial charge on any atom is -0.508 e. The highest BCUT2D eigenvalue weighted by atomic mass is 32.1. The standard InChI is InChI=1S/C20H15FN4OS/c21-15-7-11(26)3-4-12(15)17-13-5-6-25-19(13)18(22-9-23-25)14-8-16(10-1-2-10)27-20(14)24-17/h3-10,17,24,26H,1-2H2. The van der Waals surface area contributed by atoms with Crippen LogP contribution in [-0.4, -0.2) is 19.7 Å². The first-order valence-electron chi connectivity index (χ1n) is 8.90. The van der Waals surface area contributed by atoms with Crippen LogP contribution in [0.4, 0.5) is 9.39 Å². The number of hydrogen-bond acceptors (Lipinski definition) is 5. The molecule has 0 spiro atoms. The maximum absolute atomic E-state index is 14.7. The highest BCUT2D eigenvalue weighted by Crippen LogP contribution is 2.51. The van der Waals surface area contributed by atoms with Gasteiger partial charge in [0.1, 0.15) is 23.6 Å². The van der Waals surface area contributed by atoms with E-state index in [-0.39, 0.29) is 11.8 Å². The normalized spacial score (nSPS) is 18.2. The number of nitrogens with zero attached hydrogens (tertiary/aromatic N) is 3. The van der Waals surface area contributed by atoms with E-state index < -0.39 is 5.82 Å². The lowest BCUT2D eigenvalue weighted by Gasteiger charge is -2.19. The molecule has 1 fully saturated rings. The Morgan fingerprint density at radius 2 is 2.07 bits per heavy atom. The number of aromatic nitrogens is 3. The van der Waals surface area contributed by atoms with E-state index in [0.29, 0.717) is 11.5 Å². The molecule has 1 aromatic carbocycles. The maximum Gasteiger partial charge on any atom is 0.137 e. The number of hydrogen-bond donors (Lipinski definition) is 2. The van der Waals surface area contributed by atoms with Crippen molar-refractivity contribution in [3.8, 4) is 17.0 Å². The molecule has 2 aliphatic rings. The summed E-state index contributed by atoms with van der Waals surface area (Å²) in [6, 6.07) is 8.10. The van der Waals surface area contributed by atoms with Crippen LogP contribution in [0, 0.1) is 5.82 Å². The topological polar surface area (TPSA) is 62.5 Å². The molecule has 0 saturated heterocycles. The smallest absolute Gasteiger partial charge is 0.137 e. The third-order valence-corrected chi connectivity index (χ3v) is 6.58. The molecule has 1 aliphatic carbocycles. The molecule has 6 rings (SSSR count). The summed E-state index contributed by atoms with van der Waals surface area (Å²) in [4.78, 5) is 5.92. The molecule has 4 aromatic rings. The van der Waals surface area contributed by atoms with Gasteiger partial charge >= 0.3 is 0 Å². The van der Waals surface area contributed by atoms with Crippen molar-refractivity contribution in [3.05, 3.63) is 64.7 Å². The number of anilines is 1. The summed E-state index contributed by atoms with van der Waals surface area (Å²) in [5, 5.41) is 18.5. The number of halogens is 1. The zero-order chi connectivity index (χ0) is 18.1. The molecular formula is C20H15FN4OS. The molecule has 0 amide bonds. The van der Waals surface area contributed by atoms with Gasteiger partial charge in [0.2, 0.25) is 0 Å². The fourth-order valence-corrected chi connectivity index (χ4v) is 5.13. The quantitative estimate of drug-likeness (QED) is 0.531. The summed E-state index contributed by atoms with van der Waals surface area (Å²) in [7, 11) is 0. The minimum atomic E-state index is -0.437. The van der Waals surface area contributed by atoms with Crippen LogP contribution in [0.5, 0.6) is 5.75 Å². The molecular weight excluding hydrogens is 363 g/mol. The maximum atomic E-state index is 14.7. The van der Waals surface area contributed by atoms with Crippen LogP contribution in [0.15, 0.2) is 42.9 Å². The summed E-state index contributed by atoms with van der Waals surface area (Å²) < 4.78 is 16.5. The lowest BCUT2D eigenvalue weighted by Crippen LogP contribution is -2.12. The lowest BCUT2D eigenvalue weighted by atomic mass is 9.99. The Bertz CT molecular complexity index is 1210. The Labute approximate surface area is 158 Å². The van der Waals surface area contributed by atoms with Gasteiger partial charge in [-0.05, 0) is 37.0 Å². The molecule has 1 unspecified atom stereocenters. The first-order valence-corrected chi connectivity index (χ1v) is 9.72. The number of aromatic hydroxyl groups is 1. The van der Waals surface area contributed by atoms with E-state index in [0.717, 1.165) is 33.4 Å². The summed E-state index contributed by atoms with van der Waals surface area (Å²) in [5.41, 5.74) is 4.23. The lowest BCUT2D eigenvalue weighted by molar-refractivity contribution is 0.467. The van der Waals surface area contributed by atoms with Crippen LogP contribution in [0.1, 0.15) is 40.8 Å². The van der Waals surface area contributed by atoms with Gasteiger partial charge < -0.3 is 10.4 Å². The van der Waals surface area contributed by atoms with E-state index in [2.05, 4.69) is 21.5 Å². The van der Waals surface area contributed by atoms with Crippen molar-refractivity contribution in [1.29, 1.82) is 0 Å². The van der Waals surface area contributed by atoms with E-state index in [1.165, 1.54) is 23.8 Å². The van der Waals surface area contributed by atoms with Crippen molar-refractivity contribution < 1.29 is 9.50 Å². The van der Waals surface area contributed by atoms with Crippen LogP contribution in [-0.2, 0) is 0 Å². The number of fused-ring (bicyclic) bond motifs is 2. The Kier molecular flexibility index (Phi) is 2.97. The number of nitrogens with one attached hydrogen (secondary N) is 1. The molecule has 1 saturated carbocycles. The van der Waals surface area contributed by atoms with Crippen molar-refractivity contribution in [2.45, 2.75) is 24.8 Å². The summed E-state index contributed by atoms with van der Waals surface area (Å²) >= 11 is 1.73. The molecule has 27 heavy (non-hydrogen) atoms. The number of rotatable bonds is 2. The second-order valence-corrected chi connectivity index (χ2v) is 8.21. The van der Waals surface area contributed by atoms with Crippen molar-refractivity contribution >= 4 is 21.9 Å². The van der Waals surface area contributed by atoms with Gasteiger partial charge in [0.15, 0.2) is 0 Å². The van der Waals surface area contributed by atoms with Crippen molar-refractivity contribution in [1.82, 2.24) is 14.6 Å². The van der Waals surface area contributed by atoms with Gasteiger partial charge in [-0.25, -0.2) is 13.9 Å². The van der Waals surface area contributed by atoms with Crippen molar-refractivity contribution in [3.63, 3.8) is 0 Å². The number of phenolic OH excluding ortho intramolecular Hbond substituents is 1. The second-order valence-electron chi connectivity index (χ2n) is 7.12. The molecule has 0 bridgehead atoms. The largest absolute Gasteiger partial charge is 0.508 e. The average molecular weight is 378 g/mol. The van der Waals surface area contributed by atoms with E-state index >= 15 is 0 Å². The molecule has 134 valence electrons. The van der Waals surface area contributed by atoms with Crippen molar-refractivity contribution in [2.75, 3.05) is 5.32 Å². The predicted molar refractivity (Wildman–Crippen MR) is 102 cm³/mol.